The number of benzene rings is 1. The first kappa shape index (κ1) is 14.5. The lowest BCUT2D eigenvalue weighted by Gasteiger charge is -2.42. The summed E-state index contributed by atoms with van der Waals surface area (Å²) in [5, 5.41) is 0. The molecule has 106 valence electrons. The molecule has 1 fully saturated rings. The van der Waals surface area contributed by atoms with E-state index >= 15 is 0 Å². The third-order valence-electron chi connectivity index (χ3n) is 4.60. The molecule has 0 amide bonds. The van der Waals surface area contributed by atoms with Gasteiger partial charge in [-0.2, -0.15) is 0 Å². The number of hydrogen-bond donors (Lipinski definition) is 1. The third-order valence-corrected chi connectivity index (χ3v) is 4.60. The molecule has 0 spiro atoms. The third kappa shape index (κ3) is 3.18. The molecule has 1 saturated heterocycles. The molecule has 1 aliphatic heterocycles. The summed E-state index contributed by atoms with van der Waals surface area (Å²) in [6.45, 7) is 12.2. The first-order valence-corrected chi connectivity index (χ1v) is 7.45. The van der Waals surface area contributed by atoms with Crippen molar-refractivity contribution in [2.45, 2.75) is 46.6 Å². The second kappa shape index (κ2) is 5.64. The molecule has 19 heavy (non-hydrogen) atoms. The highest BCUT2D eigenvalue weighted by Gasteiger charge is 2.31. The van der Waals surface area contributed by atoms with Gasteiger partial charge < -0.3 is 5.73 Å². The smallest absolute Gasteiger partial charge is 0.0473 e. The van der Waals surface area contributed by atoms with Crippen LogP contribution in [-0.2, 0) is 0 Å². The van der Waals surface area contributed by atoms with Gasteiger partial charge in [0, 0.05) is 19.1 Å². The van der Waals surface area contributed by atoms with Crippen molar-refractivity contribution < 1.29 is 0 Å². The molecule has 2 heteroatoms. The maximum absolute atomic E-state index is 6.10. The number of aryl methyl sites for hydroxylation is 1. The lowest BCUT2D eigenvalue weighted by Crippen LogP contribution is -2.44. The first-order chi connectivity index (χ1) is 8.94. The molecule has 0 aliphatic carbocycles. The maximum Gasteiger partial charge on any atom is 0.0473 e. The summed E-state index contributed by atoms with van der Waals surface area (Å²) in [6, 6.07) is 6.98. The Bertz CT molecular complexity index is 437. The minimum Gasteiger partial charge on any atom is -0.329 e. The quantitative estimate of drug-likeness (QED) is 0.902. The van der Waals surface area contributed by atoms with Crippen molar-refractivity contribution in [3.8, 4) is 0 Å². The average molecular weight is 260 g/mol. The predicted molar refractivity (Wildman–Crippen MR) is 82.3 cm³/mol. The largest absolute Gasteiger partial charge is 0.329 e. The van der Waals surface area contributed by atoms with Gasteiger partial charge in [0.2, 0.25) is 0 Å². The van der Waals surface area contributed by atoms with Crippen LogP contribution >= 0.6 is 0 Å². The Morgan fingerprint density at radius 2 is 2.05 bits per heavy atom. The van der Waals surface area contributed by atoms with Crippen molar-refractivity contribution in [1.29, 1.82) is 0 Å². The van der Waals surface area contributed by atoms with Crippen molar-refractivity contribution in [3.05, 3.63) is 34.9 Å². The highest BCUT2D eigenvalue weighted by Crippen LogP contribution is 2.34. The SMILES string of the molecule is Cc1cccc(C(CN)N2CCCC(C)(C)C2)c1C. The Hall–Kier alpha value is -0.860. The number of likely N-dealkylation sites (tertiary alicyclic amines) is 1. The highest BCUT2D eigenvalue weighted by atomic mass is 15.2. The molecule has 1 unspecified atom stereocenters. The van der Waals surface area contributed by atoms with Gasteiger partial charge >= 0.3 is 0 Å². The van der Waals surface area contributed by atoms with Crippen LogP contribution in [-0.4, -0.2) is 24.5 Å². The summed E-state index contributed by atoms with van der Waals surface area (Å²) in [5.74, 6) is 0. The average Bonchev–Trinajstić information content (AvgIpc) is 2.34. The summed E-state index contributed by atoms with van der Waals surface area (Å²) in [7, 11) is 0. The molecule has 2 N–H and O–H groups in total. The monoisotopic (exact) mass is 260 g/mol. The molecule has 0 aromatic heterocycles. The first-order valence-electron chi connectivity index (χ1n) is 7.45. The summed E-state index contributed by atoms with van der Waals surface area (Å²) in [5.41, 5.74) is 10.7. The van der Waals surface area contributed by atoms with E-state index in [-0.39, 0.29) is 0 Å². The predicted octanol–water partition coefficient (Wildman–Crippen LogP) is 3.43. The Morgan fingerprint density at radius 1 is 1.32 bits per heavy atom. The van der Waals surface area contributed by atoms with Crippen LogP contribution in [0.1, 0.15) is 49.4 Å². The molecule has 1 aromatic rings. The number of nitrogens with zero attached hydrogens (tertiary/aromatic N) is 1. The van der Waals surface area contributed by atoms with Gasteiger partial charge in [-0.25, -0.2) is 0 Å². The maximum atomic E-state index is 6.10. The second-order valence-electron chi connectivity index (χ2n) is 6.78. The minimum atomic E-state index is 0.375. The highest BCUT2D eigenvalue weighted by molar-refractivity contribution is 5.35. The summed E-state index contributed by atoms with van der Waals surface area (Å²) in [4.78, 5) is 2.59. The van der Waals surface area contributed by atoms with Crippen LogP contribution < -0.4 is 5.73 Å². The number of rotatable bonds is 3. The zero-order chi connectivity index (χ0) is 14.0. The zero-order valence-electron chi connectivity index (χ0n) is 12.9. The van der Waals surface area contributed by atoms with Crippen LogP contribution in [0.25, 0.3) is 0 Å². The van der Waals surface area contributed by atoms with Gasteiger partial charge in [0.15, 0.2) is 0 Å². The van der Waals surface area contributed by atoms with Gasteiger partial charge in [0.1, 0.15) is 0 Å². The van der Waals surface area contributed by atoms with Crippen LogP contribution in [0.3, 0.4) is 0 Å². The van der Waals surface area contributed by atoms with Gasteiger partial charge in [-0.3, -0.25) is 4.90 Å². The minimum absolute atomic E-state index is 0.375. The van der Waals surface area contributed by atoms with E-state index in [0.29, 0.717) is 18.0 Å². The van der Waals surface area contributed by atoms with Gasteiger partial charge in [0.05, 0.1) is 0 Å². The molecule has 0 saturated carbocycles. The van der Waals surface area contributed by atoms with Crippen LogP contribution in [0, 0.1) is 19.3 Å². The van der Waals surface area contributed by atoms with E-state index in [4.69, 9.17) is 5.73 Å². The fourth-order valence-corrected chi connectivity index (χ4v) is 3.34. The molecular weight excluding hydrogens is 232 g/mol. The fourth-order valence-electron chi connectivity index (χ4n) is 3.34. The van der Waals surface area contributed by atoms with Gasteiger partial charge in [-0.05, 0) is 55.3 Å². The van der Waals surface area contributed by atoms with Crippen molar-refractivity contribution in [3.63, 3.8) is 0 Å². The summed E-state index contributed by atoms with van der Waals surface area (Å²) < 4.78 is 0. The van der Waals surface area contributed by atoms with Crippen molar-refractivity contribution in [2.75, 3.05) is 19.6 Å². The molecule has 1 heterocycles. The molecule has 2 nitrogen and oxygen atoms in total. The topological polar surface area (TPSA) is 29.3 Å². The second-order valence-corrected chi connectivity index (χ2v) is 6.78. The van der Waals surface area contributed by atoms with Gasteiger partial charge in [0.25, 0.3) is 0 Å². The molecule has 1 aromatic carbocycles. The van der Waals surface area contributed by atoms with Crippen molar-refractivity contribution >= 4 is 0 Å². The van der Waals surface area contributed by atoms with Crippen LogP contribution in [0.5, 0.6) is 0 Å². The standard InChI is InChI=1S/C17H28N2/c1-13-7-5-8-15(14(13)2)16(11-18)19-10-6-9-17(3,4)12-19/h5,7-8,16H,6,9-12,18H2,1-4H3. The lowest BCUT2D eigenvalue weighted by atomic mass is 9.82. The molecule has 0 radical (unpaired) electrons. The molecule has 2 rings (SSSR count). The zero-order valence-corrected chi connectivity index (χ0v) is 12.9. The number of hydrogen-bond acceptors (Lipinski definition) is 2. The molecular formula is C17H28N2. The normalized spacial score (nSPS) is 21.3. The summed E-state index contributed by atoms with van der Waals surface area (Å²) in [6.07, 6.45) is 2.61. The molecule has 1 atom stereocenters. The molecule has 0 bridgehead atoms. The van der Waals surface area contributed by atoms with E-state index in [1.165, 1.54) is 36.1 Å². The van der Waals surface area contributed by atoms with E-state index in [0.717, 1.165) is 6.54 Å². The molecule has 1 aliphatic rings. The summed E-state index contributed by atoms with van der Waals surface area (Å²) >= 11 is 0. The number of piperidine rings is 1. The van der Waals surface area contributed by atoms with E-state index in [1.54, 1.807) is 0 Å². The number of nitrogens with two attached hydrogens (primary N) is 1. The van der Waals surface area contributed by atoms with E-state index in [1.807, 2.05) is 0 Å². The van der Waals surface area contributed by atoms with Crippen molar-refractivity contribution in [2.24, 2.45) is 11.1 Å². The van der Waals surface area contributed by atoms with Gasteiger partial charge in [-0.15, -0.1) is 0 Å². The van der Waals surface area contributed by atoms with Crippen molar-refractivity contribution in [1.82, 2.24) is 4.90 Å². The van der Waals surface area contributed by atoms with E-state index in [9.17, 15) is 0 Å². The Labute approximate surface area is 118 Å². The van der Waals surface area contributed by atoms with Gasteiger partial charge in [-0.1, -0.05) is 32.0 Å². The van der Waals surface area contributed by atoms with Crippen LogP contribution in [0.2, 0.25) is 0 Å². The Morgan fingerprint density at radius 3 is 2.68 bits per heavy atom. The van der Waals surface area contributed by atoms with Crippen LogP contribution in [0.4, 0.5) is 0 Å². The lowest BCUT2D eigenvalue weighted by molar-refractivity contribution is 0.0804. The van der Waals surface area contributed by atoms with E-state index < -0.39 is 0 Å². The Kier molecular flexibility index (Phi) is 4.32. The van der Waals surface area contributed by atoms with Crippen LogP contribution in [0.15, 0.2) is 18.2 Å². The van der Waals surface area contributed by atoms with E-state index in [2.05, 4.69) is 50.8 Å². The fraction of sp³-hybridized carbons (Fsp3) is 0.647. The Balaban J connectivity index is 2.27.